The fraction of sp³-hybridized carbons (Fsp3) is 0.333. The van der Waals surface area contributed by atoms with Gasteiger partial charge in [0.2, 0.25) is 5.91 Å². The third-order valence-electron chi connectivity index (χ3n) is 6.37. The average Bonchev–Trinajstić information content (AvgIpc) is 2.83. The number of hydrogen-bond acceptors (Lipinski definition) is 5. The van der Waals surface area contributed by atoms with Crippen LogP contribution in [-0.4, -0.2) is 44.0 Å². The van der Waals surface area contributed by atoms with E-state index >= 15 is 0 Å². The minimum Gasteiger partial charge on any atom is -0.444 e. The maximum absolute atomic E-state index is 13.7. The summed E-state index contributed by atoms with van der Waals surface area (Å²) >= 11 is 0. The van der Waals surface area contributed by atoms with Crippen molar-refractivity contribution in [2.75, 3.05) is 13.1 Å². The van der Waals surface area contributed by atoms with E-state index in [9.17, 15) is 22.4 Å². The second-order valence-corrected chi connectivity index (χ2v) is 11.6. The third kappa shape index (κ3) is 5.21. The number of carbonyl (C=O) groups is 2. The number of fused-ring (bicyclic) bond motifs is 1. The molecular formula is C27H29FN2O5S. The molecule has 0 aliphatic carbocycles. The first kappa shape index (κ1) is 25.6. The lowest BCUT2D eigenvalue weighted by atomic mass is 9.72. The number of piperidine rings is 1. The van der Waals surface area contributed by atoms with E-state index in [1.165, 1.54) is 35.2 Å². The summed E-state index contributed by atoms with van der Waals surface area (Å²) < 4.78 is 48.2. The highest BCUT2D eigenvalue weighted by molar-refractivity contribution is 7.90. The second kappa shape index (κ2) is 9.54. The van der Waals surface area contributed by atoms with Gasteiger partial charge in [0.15, 0.2) is 0 Å². The van der Waals surface area contributed by atoms with Gasteiger partial charge in [0.25, 0.3) is 10.0 Å². The zero-order valence-corrected chi connectivity index (χ0v) is 21.3. The highest BCUT2D eigenvalue weighted by atomic mass is 32.2. The summed E-state index contributed by atoms with van der Waals surface area (Å²) in [6.07, 6.45) is -0.206. The Morgan fingerprint density at radius 2 is 1.56 bits per heavy atom. The number of ether oxygens (including phenoxy) is 1. The lowest BCUT2D eigenvalue weighted by Gasteiger charge is -2.41. The number of nitrogens with zero attached hydrogens (tertiary/aromatic N) is 1. The molecule has 36 heavy (non-hydrogen) atoms. The van der Waals surface area contributed by atoms with Crippen molar-refractivity contribution in [1.82, 2.24) is 9.62 Å². The zero-order chi connectivity index (χ0) is 26.1. The minimum absolute atomic E-state index is 0.00519. The lowest BCUT2D eigenvalue weighted by molar-refractivity contribution is -0.126. The van der Waals surface area contributed by atoms with Crippen LogP contribution in [0.3, 0.4) is 0 Å². The summed E-state index contributed by atoms with van der Waals surface area (Å²) in [4.78, 5) is 27.8. The molecule has 190 valence electrons. The van der Waals surface area contributed by atoms with Crippen LogP contribution in [0.2, 0.25) is 0 Å². The van der Waals surface area contributed by atoms with Gasteiger partial charge in [-0.25, -0.2) is 22.3 Å². The molecule has 0 saturated carbocycles. The molecule has 7 nitrogen and oxygen atoms in total. The largest absolute Gasteiger partial charge is 0.444 e. The molecule has 1 fully saturated rings. The summed E-state index contributed by atoms with van der Waals surface area (Å²) in [6, 6.07) is 17.3. The molecule has 9 heteroatoms. The Kier molecular flexibility index (Phi) is 6.79. The Morgan fingerprint density at radius 1 is 0.944 bits per heavy atom. The molecule has 1 aliphatic heterocycles. The van der Waals surface area contributed by atoms with Gasteiger partial charge < -0.3 is 9.64 Å². The molecule has 0 spiro atoms. The molecule has 0 aromatic heterocycles. The fourth-order valence-electron chi connectivity index (χ4n) is 4.52. The molecule has 4 rings (SSSR count). The van der Waals surface area contributed by atoms with Crippen LogP contribution in [0.4, 0.5) is 9.18 Å². The van der Waals surface area contributed by atoms with Crippen LogP contribution >= 0.6 is 0 Å². The van der Waals surface area contributed by atoms with E-state index in [1.807, 2.05) is 0 Å². The van der Waals surface area contributed by atoms with E-state index in [-0.39, 0.29) is 30.8 Å². The maximum atomic E-state index is 13.7. The van der Waals surface area contributed by atoms with Crippen LogP contribution in [-0.2, 0) is 25.0 Å². The van der Waals surface area contributed by atoms with Crippen molar-refractivity contribution in [3.63, 3.8) is 0 Å². The molecule has 1 saturated heterocycles. The van der Waals surface area contributed by atoms with Crippen molar-refractivity contribution < 1.29 is 27.1 Å². The topological polar surface area (TPSA) is 92.8 Å². The van der Waals surface area contributed by atoms with Gasteiger partial charge in [-0.15, -0.1) is 0 Å². The number of amides is 2. The van der Waals surface area contributed by atoms with E-state index in [0.717, 1.165) is 5.39 Å². The monoisotopic (exact) mass is 512 g/mol. The standard InChI is InChI=1S/C27H29FN2O5S/c1-26(2,3)35-25(32)30-17-15-27(16-18-30,20-11-13-21(28)14-12-20)24(31)29-36(33,34)23-10-6-8-19-7-4-5-9-22(19)23/h4-14H,15-18H2,1-3H3,(H,29,31). The number of nitrogens with one attached hydrogen (secondary N) is 1. The molecule has 1 aliphatic rings. The number of halogens is 1. The normalized spacial score (nSPS) is 15.9. The summed E-state index contributed by atoms with van der Waals surface area (Å²) in [6.45, 7) is 5.65. The van der Waals surface area contributed by atoms with Crippen molar-refractivity contribution in [3.05, 3.63) is 78.1 Å². The van der Waals surface area contributed by atoms with E-state index in [1.54, 1.807) is 57.2 Å². The SMILES string of the molecule is CC(C)(C)OC(=O)N1CCC(C(=O)NS(=O)(=O)c2cccc3ccccc23)(c2ccc(F)cc2)CC1. The summed E-state index contributed by atoms with van der Waals surface area (Å²) in [5.74, 6) is -1.19. The number of hydrogen-bond donors (Lipinski definition) is 1. The van der Waals surface area contributed by atoms with Gasteiger partial charge in [0, 0.05) is 18.5 Å². The minimum atomic E-state index is -4.22. The van der Waals surface area contributed by atoms with Gasteiger partial charge in [0.1, 0.15) is 11.4 Å². The number of likely N-dealkylation sites (tertiary alicyclic amines) is 1. The van der Waals surface area contributed by atoms with Gasteiger partial charge in [0.05, 0.1) is 10.3 Å². The molecule has 0 radical (unpaired) electrons. The van der Waals surface area contributed by atoms with Gasteiger partial charge >= 0.3 is 6.09 Å². The molecule has 3 aromatic carbocycles. The molecule has 0 bridgehead atoms. The average molecular weight is 513 g/mol. The van der Waals surface area contributed by atoms with E-state index in [4.69, 9.17) is 4.74 Å². The number of sulfonamides is 1. The molecule has 2 amide bonds. The summed E-state index contributed by atoms with van der Waals surface area (Å²) in [7, 11) is -4.22. The van der Waals surface area contributed by atoms with Gasteiger partial charge in [-0.3, -0.25) is 4.79 Å². The summed E-state index contributed by atoms with van der Waals surface area (Å²) in [5, 5.41) is 1.22. The Labute approximate surface area is 210 Å². The fourth-order valence-corrected chi connectivity index (χ4v) is 5.80. The highest BCUT2D eigenvalue weighted by Crippen LogP contribution is 2.37. The molecule has 3 aromatic rings. The first-order valence-electron chi connectivity index (χ1n) is 11.7. The van der Waals surface area contributed by atoms with Crippen LogP contribution in [0.25, 0.3) is 10.8 Å². The quantitative estimate of drug-likeness (QED) is 0.545. The van der Waals surface area contributed by atoms with Crippen molar-refractivity contribution in [2.45, 2.75) is 49.5 Å². The van der Waals surface area contributed by atoms with Gasteiger partial charge in [-0.1, -0.05) is 48.5 Å². The third-order valence-corrected chi connectivity index (χ3v) is 7.76. The smallest absolute Gasteiger partial charge is 0.410 e. The van der Waals surface area contributed by atoms with E-state index in [0.29, 0.717) is 10.9 Å². The molecule has 0 unspecified atom stereocenters. The van der Waals surface area contributed by atoms with Crippen molar-refractivity contribution >= 4 is 32.8 Å². The molecule has 0 atom stereocenters. The van der Waals surface area contributed by atoms with Crippen molar-refractivity contribution in [3.8, 4) is 0 Å². The highest BCUT2D eigenvalue weighted by Gasteiger charge is 2.46. The van der Waals surface area contributed by atoms with Gasteiger partial charge in [-0.05, 0) is 62.8 Å². The first-order chi connectivity index (χ1) is 16.9. The predicted octanol–water partition coefficient (Wildman–Crippen LogP) is 4.75. The number of carbonyl (C=O) groups excluding carboxylic acids is 2. The predicted molar refractivity (Wildman–Crippen MR) is 134 cm³/mol. The van der Waals surface area contributed by atoms with E-state index < -0.39 is 38.9 Å². The Bertz CT molecular complexity index is 1380. The molecule has 1 N–H and O–H groups in total. The molecular weight excluding hydrogens is 483 g/mol. The first-order valence-corrected chi connectivity index (χ1v) is 13.2. The Balaban J connectivity index is 1.65. The second-order valence-electron chi connectivity index (χ2n) is 9.97. The van der Waals surface area contributed by atoms with Crippen molar-refractivity contribution in [1.29, 1.82) is 0 Å². The van der Waals surface area contributed by atoms with Crippen molar-refractivity contribution in [2.24, 2.45) is 0 Å². The van der Waals surface area contributed by atoms with Gasteiger partial charge in [-0.2, -0.15) is 0 Å². The van der Waals surface area contributed by atoms with Crippen LogP contribution in [0.15, 0.2) is 71.6 Å². The van der Waals surface area contributed by atoms with Crippen LogP contribution < -0.4 is 4.72 Å². The zero-order valence-electron chi connectivity index (χ0n) is 20.5. The Morgan fingerprint density at radius 3 is 2.19 bits per heavy atom. The summed E-state index contributed by atoms with van der Waals surface area (Å²) in [5.41, 5.74) is -1.46. The van der Waals surface area contributed by atoms with Crippen LogP contribution in [0.5, 0.6) is 0 Å². The molecule has 1 heterocycles. The number of rotatable bonds is 4. The van der Waals surface area contributed by atoms with E-state index in [2.05, 4.69) is 4.72 Å². The Hall–Kier alpha value is -3.46. The van der Waals surface area contributed by atoms with Crippen LogP contribution in [0.1, 0.15) is 39.2 Å². The number of benzene rings is 3. The van der Waals surface area contributed by atoms with Crippen LogP contribution in [0, 0.1) is 5.82 Å². The lowest BCUT2D eigenvalue weighted by Crippen LogP contribution is -2.54. The maximum Gasteiger partial charge on any atom is 0.410 e.